The number of hydrogen-bond acceptors (Lipinski definition) is 4. The summed E-state index contributed by atoms with van der Waals surface area (Å²) >= 11 is 0. The van der Waals surface area contributed by atoms with Crippen LogP contribution in [0.5, 0.6) is 0 Å². The molecule has 1 aliphatic carbocycles. The van der Waals surface area contributed by atoms with E-state index in [9.17, 15) is 13.5 Å². The Hall–Kier alpha value is -0.920. The number of aromatic amines is 1. The predicted octanol–water partition coefficient (Wildman–Crippen LogP) is 1.32. The van der Waals surface area contributed by atoms with Crippen LogP contribution in [0.25, 0.3) is 0 Å². The minimum absolute atomic E-state index is 0.0865. The Morgan fingerprint density at radius 2 is 2.10 bits per heavy atom. The smallest absolute Gasteiger partial charge is 0.244 e. The van der Waals surface area contributed by atoms with Gasteiger partial charge in [-0.25, -0.2) is 13.1 Å². The van der Waals surface area contributed by atoms with E-state index >= 15 is 0 Å². The van der Waals surface area contributed by atoms with Gasteiger partial charge in [0.15, 0.2) is 0 Å². The normalized spacial score (nSPS) is 23.9. The highest BCUT2D eigenvalue weighted by atomic mass is 32.2. The fraction of sp³-hybridized carbons (Fsp3) is 0.769. The van der Waals surface area contributed by atoms with E-state index in [1.165, 1.54) is 19.3 Å². The van der Waals surface area contributed by atoms with Crippen LogP contribution in [-0.2, 0) is 16.6 Å². The van der Waals surface area contributed by atoms with Crippen molar-refractivity contribution in [3.05, 3.63) is 11.4 Å². The van der Waals surface area contributed by atoms with E-state index in [-0.39, 0.29) is 17.2 Å². The number of aryl methyl sites for hydroxylation is 1. The van der Waals surface area contributed by atoms with Crippen LogP contribution in [0.15, 0.2) is 4.90 Å². The summed E-state index contributed by atoms with van der Waals surface area (Å²) in [5, 5.41) is 15.6. The molecule has 0 aromatic carbocycles. The van der Waals surface area contributed by atoms with Gasteiger partial charge in [-0.1, -0.05) is 26.2 Å². The van der Waals surface area contributed by atoms with Gasteiger partial charge in [0, 0.05) is 6.54 Å². The van der Waals surface area contributed by atoms with Gasteiger partial charge in [-0.15, -0.1) is 0 Å². The highest BCUT2D eigenvalue weighted by Crippen LogP contribution is 2.29. The first-order valence-corrected chi connectivity index (χ1v) is 8.58. The quantitative estimate of drug-likeness (QED) is 0.764. The van der Waals surface area contributed by atoms with Crippen molar-refractivity contribution in [2.75, 3.05) is 6.54 Å². The second-order valence-electron chi connectivity index (χ2n) is 5.66. The Morgan fingerprint density at radius 1 is 1.40 bits per heavy atom. The van der Waals surface area contributed by atoms with Crippen LogP contribution < -0.4 is 4.72 Å². The van der Waals surface area contributed by atoms with E-state index < -0.39 is 10.0 Å². The summed E-state index contributed by atoms with van der Waals surface area (Å²) in [6, 6.07) is 0. The van der Waals surface area contributed by atoms with Crippen LogP contribution in [0.4, 0.5) is 0 Å². The molecule has 0 spiro atoms. The summed E-state index contributed by atoms with van der Waals surface area (Å²) in [6.45, 7) is 3.89. The first kappa shape index (κ1) is 15.5. The van der Waals surface area contributed by atoms with E-state index in [0.717, 1.165) is 6.42 Å². The van der Waals surface area contributed by atoms with Crippen LogP contribution in [0.2, 0.25) is 0 Å². The van der Waals surface area contributed by atoms with Gasteiger partial charge in [0.2, 0.25) is 10.0 Å². The van der Waals surface area contributed by atoms with E-state index in [2.05, 4.69) is 21.8 Å². The molecule has 6 nitrogen and oxygen atoms in total. The van der Waals surface area contributed by atoms with Crippen molar-refractivity contribution in [1.29, 1.82) is 0 Å². The Labute approximate surface area is 120 Å². The predicted molar refractivity (Wildman–Crippen MR) is 75.6 cm³/mol. The molecule has 0 radical (unpaired) electrons. The molecular weight excluding hydrogens is 278 g/mol. The third-order valence-corrected chi connectivity index (χ3v) is 5.83. The molecular formula is C13H23N3O3S. The Kier molecular flexibility index (Phi) is 4.82. The second-order valence-corrected chi connectivity index (χ2v) is 7.36. The molecule has 1 heterocycles. The van der Waals surface area contributed by atoms with Gasteiger partial charge in [0.25, 0.3) is 0 Å². The van der Waals surface area contributed by atoms with Crippen LogP contribution in [0, 0.1) is 18.8 Å². The summed E-state index contributed by atoms with van der Waals surface area (Å²) in [5.74, 6) is 0.942. The van der Waals surface area contributed by atoms with E-state index in [0.29, 0.717) is 24.1 Å². The zero-order valence-electron chi connectivity index (χ0n) is 12.0. The number of aromatic nitrogens is 2. The van der Waals surface area contributed by atoms with Crippen molar-refractivity contribution >= 4 is 10.0 Å². The zero-order chi connectivity index (χ0) is 14.8. The largest absolute Gasteiger partial charge is 0.390 e. The fourth-order valence-corrected chi connectivity index (χ4v) is 4.37. The number of nitrogens with zero attached hydrogens (tertiary/aromatic N) is 1. The average Bonchev–Trinajstić information content (AvgIpc) is 2.80. The van der Waals surface area contributed by atoms with Gasteiger partial charge < -0.3 is 5.11 Å². The van der Waals surface area contributed by atoms with Crippen molar-refractivity contribution in [2.45, 2.75) is 51.0 Å². The molecule has 2 unspecified atom stereocenters. The van der Waals surface area contributed by atoms with Gasteiger partial charge in [-0.2, -0.15) is 5.10 Å². The van der Waals surface area contributed by atoms with E-state index in [4.69, 9.17) is 0 Å². The molecule has 20 heavy (non-hydrogen) atoms. The Balaban J connectivity index is 2.09. The molecule has 2 atom stereocenters. The molecule has 2 rings (SSSR count). The number of H-pyrrole nitrogens is 1. The topological polar surface area (TPSA) is 95.1 Å². The summed E-state index contributed by atoms with van der Waals surface area (Å²) < 4.78 is 27.4. The van der Waals surface area contributed by atoms with Gasteiger partial charge in [0.1, 0.15) is 10.6 Å². The summed E-state index contributed by atoms with van der Waals surface area (Å²) in [4.78, 5) is 0.0865. The maximum Gasteiger partial charge on any atom is 0.244 e. The maximum atomic E-state index is 12.4. The first-order chi connectivity index (χ1) is 9.45. The molecule has 7 heteroatoms. The summed E-state index contributed by atoms with van der Waals surface area (Å²) in [6.07, 6.45) is 4.64. The zero-order valence-corrected chi connectivity index (χ0v) is 12.8. The van der Waals surface area contributed by atoms with Gasteiger partial charge >= 0.3 is 0 Å². The molecule has 1 aromatic rings. The van der Waals surface area contributed by atoms with Crippen molar-refractivity contribution in [3.63, 3.8) is 0 Å². The standard InChI is InChI=1S/C13H23N3O3S/c1-9-5-3-4-6-11(9)7-14-20(18,19)13-10(2)15-16-12(13)8-17/h9,11,14,17H,3-8H2,1-2H3,(H,15,16). The number of aliphatic hydroxyl groups excluding tert-OH is 1. The fourth-order valence-electron chi connectivity index (χ4n) is 2.92. The number of sulfonamides is 1. The molecule has 0 bridgehead atoms. The molecule has 1 fully saturated rings. The third kappa shape index (κ3) is 3.21. The minimum Gasteiger partial charge on any atom is -0.390 e. The number of nitrogens with one attached hydrogen (secondary N) is 2. The lowest BCUT2D eigenvalue weighted by Crippen LogP contribution is -2.34. The highest BCUT2D eigenvalue weighted by molar-refractivity contribution is 7.89. The summed E-state index contributed by atoms with van der Waals surface area (Å²) in [7, 11) is -3.62. The van der Waals surface area contributed by atoms with Crippen molar-refractivity contribution < 1.29 is 13.5 Å². The molecule has 3 N–H and O–H groups in total. The molecule has 114 valence electrons. The van der Waals surface area contributed by atoms with Crippen LogP contribution >= 0.6 is 0 Å². The van der Waals surface area contributed by atoms with Crippen molar-refractivity contribution in [2.24, 2.45) is 11.8 Å². The average molecular weight is 301 g/mol. The maximum absolute atomic E-state index is 12.4. The Bertz CT molecular complexity index is 553. The number of aliphatic hydroxyl groups is 1. The van der Waals surface area contributed by atoms with Crippen molar-refractivity contribution in [1.82, 2.24) is 14.9 Å². The van der Waals surface area contributed by atoms with Gasteiger partial charge in [0.05, 0.1) is 12.3 Å². The molecule has 0 amide bonds. The number of hydrogen-bond donors (Lipinski definition) is 3. The minimum atomic E-state index is -3.62. The van der Waals surface area contributed by atoms with Crippen LogP contribution in [-0.4, -0.2) is 30.3 Å². The summed E-state index contributed by atoms with van der Waals surface area (Å²) in [5.41, 5.74) is 0.630. The third-order valence-electron chi connectivity index (χ3n) is 4.20. The molecule has 1 aliphatic rings. The highest BCUT2D eigenvalue weighted by Gasteiger charge is 2.27. The lowest BCUT2D eigenvalue weighted by Gasteiger charge is -2.28. The lowest BCUT2D eigenvalue weighted by molar-refractivity contribution is 0.257. The van der Waals surface area contributed by atoms with Crippen molar-refractivity contribution in [3.8, 4) is 0 Å². The van der Waals surface area contributed by atoms with Crippen LogP contribution in [0.3, 0.4) is 0 Å². The van der Waals surface area contributed by atoms with Gasteiger partial charge in [-0.3, -0.25) is 5.10 Å². The SMILES string of the molecule is Cc1[nH]nc(CO)c1S(=O)(=O)NCC1CCCCC1C. The lowest BCUT2D eigenvalue weighted by atomic mass is 9.81. The Morgan fingerprint density at radius 3 is 2.75 bits per heavy atom. The number of rotatable bonds is 5. The molecule has 0 aliphatic heterocycles. The molecule has 1 aromatic heterocycles. The molecule has 1 saturated carbocycles. The van der Waals surface area contributed by atoms with E-state index in [1.54, 1.807) is 6.92 Å². The van der Waals surface area contributed by atoms with Crippen LogP contribution in [0.1, 0.15) is 44.0 Å². The monoisotopic (exact) mass is 301 g/mol. The van der Waals surface area contributed by atoms with E-state index in [1.807, 2.05) is 0 Å². The molecule has 0 saturated heterocycles. The van der Waals surface area contributed by atoms with Gasteiger partial charge in [-0.05, 0) is 25.2 Å². The first-order valence-electron chi connectivity index (χ1n) is 7.10. The second kappa shape index (κ2) is 6.24.